The average Bonchev–Trinajstić information content (AvgIpc) is 2.47. The highest BCUT2D eigenvalue weighted by atomic mass is 15.1. The van der Waals surface area contributed by atoms with Crippen LogP contribution in [0.15, 0.2) is 40.5 Å². The lowest BCUT2D eigenvalue weighted by Crippen LogP contribution is -2.34. The molecule has 0 saturated carbocycles. The second kappa shape index (κ2) is 7.41. The topological polar surface area (TPSA) is 41.6 Å². The largest absolute Gasteiger partial charge is 0.401 e. The van der Waals surface area contributed by atoms with E-state index < -0.39 is 0 Å². The molecule has 3 heteroatoms. The van der Waals surface area contributed by atoms with E-state index in [1.807, 2.05) is 13.1 Å². The molecule has 1 heterocycles. The van der Waals surface area contributed by atoms with Crippen molar-refractivity contribution in [2.24, 2.45) is 16.6 Å². The molecule has 1 aliphatic rings. The summed E-state index contributed by atoms with van der Waals surface area (Å²) >= 11 is 0. The first-order valence-corrected chi connectivity index (χ1v) is 7.89. The molecule has 1 aliphatic heterocycles. The highest BCUT2D eigenvalue weighted by Gasteiger charge is 2.17. The number of benzene rings is 1. The van der Waals surface area contributed by atoms with Gasteiger partial charge in [-0.1, -0.05) is 38.1 Å². The van der Waals surface area contributed by atoms with Gasteiger partial charge in [0, 0.05) is 38.1 Å². The predicted octanol–water partition coefficient (Wildman–Crippen LogP) is 3.00. The third-order valence-electron chi connectivity index (χ3n) is 4.01. The van der Waals surface area contributed by atoms with Crippen molar-refractivity contribution in [1.82, 2.24) is 4.90 Å². The number of aliphatic imine (C=N–C) groups is 1. The van der Waals surface area contributed by atoms with E-state index in [0.29, 0.717) is 5.92 Å². The van der Waals surface area contributed by atoms with Gasteiger partial charge in [-0.2, -0.15) is 0 Å². The Labute approximate surface area is 128 Å². The van der Waals surface area contributed by atoms with Gasteiger partial charge in [0.15, 0.2) is 0 Å². The maximum Gasteiger partial charge on any atom is 0.0386 e. The smallest absolute Gasteiger partial charge is 0.0386 e. The molecule has 0 aliphatic carbocycles. The fraction of sp³-hybridized carbons (Fsp3) is 0.500. The summed E-state index contributed by atoms with van der Waals surface area (Å²) in [5.74, 6) is 0.414. The van der Waals surface area contributed by atoms with E-state index >= 15 is 0 Å². The number of fused-ring (bicyclic) bond motifs is 1. The Balaban J connectivity index is 2.09. The zero-order chi connectivity index (χ0) is 15.2. The summed E-state index contributed by atoms with van der Waals surface area (Å²) in [5, 5.41) is 0. The minimum atomic E-state index is 0.414. The van der Waals surface area contributed by atoms with Crippen LogP contribution in [0.1, 0.15) is 31.9 Å². The summed E-state index contributed by atoms with van der Waals surface area (Å²) in [6, 6.07) is 8.71. The van der Waals surface area contributed by atoms with Crippen LogP contribution in [-0.2, 0) is 13.0 Å². The lowest BCUT2D eigenvalue weighted by molar-refractivity contribution is 0.274. The van der Waals surface area contributed by atoms with E-state index in [0.717, 1.165) is 38.3 Å². The van der Waals surface area contributed by atoms with Crippen molar-refractivity contribution in [2.75, 3.05) is 19.6 Å². The Kier molecular flexibility index (Phi) is 5.57. The zero-order valence-electron chi connectivity index (χ0n) is 13.5. The lowest BCUT2D eigenvalue weighted by atomic mass is 9.98. The standard InChI is InChI=1S/C18H27N3/c1-4-20-11-17(14(2)3)18(19)13-21-10-9-15-7-5-6-8-16(15)12-21/h5-8,11,14H,4,9-10,12-13,19H2,1-3H3. The number of allylic oxidation sites excluding steroid dienone is 1. The highest BCUT2D eigenvalue weighted by Crippen LogP contribution is 2.20. The Bertz CT molecular complexity index is 529. The summed E-state index contributed by atoms with van der Waals surface area (Å²) in [7, 11) is 0. The molecule has 0 fully saturated rings. The lowest BCUT2D eigenvalue weighted by Gasteiger charge is -2.29. The van der Waals surface area contributed by atoms with Crippen molar-refractivity contribution in [1.29, 1.82) is 0 Å². The number of nitrogens with zero attached hydrogens (tertiary/aromatic N) is 2. The van der Waals surface area contributed by atoms with Gasteiger partial charge in [0.2, 0.25) is 0 Å². The van der Waals surface area contributed by atoms with Crippen LogP contribution in [0, 0.1) is 5.92 Å². The van der Waals surface area contributed by atoms with Crippen LogP contribution in [0.3, 0.4) is 0 Å². The summed E-state index contributed by atoms with van der Waals surface area (Å²) in [6.07, 6.45) is 3.07. The van der Waals surface area contributed by atoms with Crippen LogP contribution in [0.5, 0.6) is 0 Å². The molecular formula is C18H27N3. The van der Waals surface area contributed by atoms with Gasteiger partial charge in [-0.15, -0.1) is 0 Å². The summed E-state index contributed by atoms with van der Waals surface area (Å²) in [6.45, 7) is 10.1. The molecule has 0 unspecified atom stereocenters. The van der Waals surface area contributed by atoms with Crippen molar-refractivity contribution in [3.8, 4) is 0 Å². The number of hydrogen-bond acceptors (Lipinski definition) is 3. The molecule has 114 valence electrons. The second-order valence-electron chi connectivity index (χ2n) is 5.99. The fourth-order valence-electron chi connectivity index (χ4n) is 2.81. The molecule has 0 bridgehead atoms. The Morgan fingerprint density at radius 3 is 2.71 bits per heavy atom. The third kappa shape index (κ3) is 4.18. The molecule has 3 nitrogen and oxygen atoms in total. The van der Waals surface area contributed by atoms with E-state index in [9.17, 15) is 0 Å². The molecule has 1 aromatic carbocycles. The van der Waals surface area contributed by atoms with Crippen molar-refractivity contribution < 1.29 is 0 Å². The average molecular weight is 285 g/mol. The van der Waals surface area contributed by atoms with E-state index in [1.165, 1.54) is 16.7 Å². The minimum absolute atomic E-state index is 0.414. The molecule has 0 atom stereocenters. The SMILES string of the molecule is CCN=CC(=C(N)CN1CCc2ccccc2C1)C(C)C. The summed E-state index contributed by atoms with van der Waals surface area (Å²) in [4.78, 5) is 6.79. The predicted molar refractivity (Wildman–Crippen MR) is 90.5 cm³/mol. The molecule has 2 N–H and O–H groups in total. The van der Waals surface area contributed by atoms with E-state index in [-0.39, 0.29) is 0 Å². The van der Waals surface area contributed by atoms with Crippen molar-refractivity contribution >= 4 is 6.21 Å². The Morgan fingerprint density at radius 1 is 1.33 bits per heavy atom. The summed E-state index contributed by atoms with van der Waals surface area (Å²) < 4.78 is 0. The van der Waals surface area contributed by atoms with Gasteiger partial charge in [0.1, 0.15) is 0 Å². The number of rotatable bonds is 5. The first-order chi connectivity index (χ1) is 10.1. The van der Waals surface area contributed by atoms with Crippen molar-refractivity contribution in [2.45, 2.75) is 33.7 Å². The van der Waals surface area contributed by atoms with Crippen LogP contribution in [0.25, 0.3) is 0 Å². The monoisotopic (exact) mass is 285 g/mol. The molecule has 0 aromatic heterocycles. The van der Waals surface area contributed by atoms with Crippen LogP contribution >= 0.6 is 0 Å². The van der Waals surface area contributed by atoms with Gasteiger partial charge >= 0.3 is 0 Å². The zero-order valence-corrected chi connectivity index (χ0v) is 13.5. The molecule has 1 aromatic rings. The normalized spacial score (nSPS) is 17.1. The van der Waals surface area contributed by atoms with Gasteiger partial charge in [0.25, 0.3) is 0 Å². The van der Waals surface area contributed by atoms with E-state index in [2.05, 4.69) is 48.0 Å². The molecule has 0 radical (unpaired) electrons. The number of nitrogens with two attached hydrogens (primary N) is 1. The highest BCUT2D eigenvalue weighted by molar-refractivity contribution is 5.80. The molecule has 0 spiro atoms. The minimum Gasteiger partial charge on any atom is -0.401 e. The van der Waals surface area contributed by atoms with Crippen LogP contribution in [0.4, 0.5) is 0 Å². The van der Waals surface area contributed by atoms with Crippen LogP contribution < -0.4 is 5.73 Å². The van der Waals surface area contributed by atoms with Gasteiger partial charge in [-0.3, -0.25) is 9.89 Å². The van der Waals surface area contributed by atoms with E-state index in [1.54, 1.807) is 0 Å². The van der Waals surface area contributed by atoms with Crippen molar-refractivity contribution in [3.05, 3.63) is 46.7 Å². The molecular weight excluding hydrogens is 258 g/mol. The van der Waals surface area contributed by atoms with Crippen LogP contribution in [-0.4, -0.2) is 30.7 Å². The van der Waals surface area contributed by atoms with Gasteiger partial charge in [-0.05, 0) is 36.0 Å². The third-order valence-corrected chi connectivity index (χ3v) is 4.01. The first kappa shape index (κ1) is 15.8. The quantitative estimate of drug-likeness (QED) is 0.845. The first-order valence-electron chi connectivity index (χ1n) is 7.89. The molecule has 0 amide bonds. The maximum atomic E-state index is 6.36. The van der Waals surface area contributed by atoms with Gasteiger partial charge in [-0.25, -0.2) is 0 Å². The number of hydrogen-bond donors (Lipinski definition) is 1. The van der Waals surface area contributed by atoms with Crippen molar-refractivity contribution in [3.63, 3.8) is 0 Å². The van der Waals surface area contributed by atoms with Gasteiger partial charge in [0.05, 0.1) is 0 Å². The Hall–Kier alpha value is -1.61. The molecule has 2 rings (SSSR count). The fourth-order valence-corrected chi connectivity index (χ4v) is 2.81. The molecule has 0 saturated heterocycles. The van der Waals surface area contributed by atoms with Crippen LogP contribution in [0.2, 0.25) is 0 Å². The van der Waals surface area contributed by atoms with Gasteiger partial charge < -0.3 is 5.73 Å². The second-order valence-corrected chi connectivity index (χ2v) is 5.99. The molecule has 21 heavy (non-hydrogen) atoms. The summed E-state index contributed by atoms with van der Waals surface area (Å²) in [5.41, 5.74) is 11.4. The maximum absolute atomic E-state index is 6.36. The van der Waals surface area contributed by atoms with E-state index in [4.69, 9.17) is 5.73 Å². The Morgan fingerprint density at radius 2 is 2.05 bits per heavy atom.